The summed E-state index contributed by atoms with van der Waals surface area (Å²) in [5.41, 5.74) is 0. The first-order valence-electron chi connectivity index (χ1n) is 4.86. The van der Waals surface area contributed by atoms with Crippen molar-refractivity contribution in [2.75, 3.05) is 6.61 Å². The van der Waals surface area contributed by atoms with Gasteiger partial charge in [0.05, 0.1) is 0 Å². The molecule has 0 heterocycles. The zero-order valence-electron chi connectivity index (χ0n) is 8.99. The molecule has 0 amide bonds. The number of aliphatic hydroxyl groups excluding tert-OH is 1. The molecule has 2 aromatic carbocycles. The maximum Gasteiger partial charge on any atom is 0.0428 e. The first-order valence-corrected chi connectivity index (χ1v) is 4.86. The molecular formula is C13H18FeO-6. The standard InChI is InChI=1S/2C5H5.C3H8O.Fe/c2*1-2-4-5-3-1;1-2-3-4;/h2*1-5H;4H,2-3H2,1H3;/q-5;-1;;. The second kappa shape index (κ2) is 15.6. The van der Waals surface area contributed by atoms with Crippen LogP contribution in [0.15, 0.2) is 60.7 Å². The van der Waals surface area contributed by atoms with Crippen molar-refractivity contribution in [2.24, 2.45) is 0 Å². The molecule has 0 spiro atoms. The normalized spacial score (nSPS) is 7.33. The van der Waals surface area contributed by atoms with Crippen LogP contribution in [0.3, 0.4) is 0 Å². The smallest absolute Gasteiger partial charge is 0.0428 e. The van der Waals surface area contributed by atoms with Crippen LogP contribution in [0.2, 0.25) is 0 Å². The molecule has 0 unspecified atom stereocenters. The molecule has 0 saturated carbocycles. The van der Waals surface area contributed by atoms with E-state index in [1.54, 1.807) is 0 Å². The van der Waals surface area contributed by atoms with Gasteiger partial charge in [-0.2, -0.15) is 18.2 Å². The molecule has 0 fully saturated rings. The van der Waals surface area contributed by atoms with Gasteiger partial charge in [-0.15, -0.1) is 0 Å². The topological polar surface area (TPSA) is 20.2 Å². The van der Waals surface area contributed by atoms with Crippen LogP contribution in [0.1, 0.15) is 13.3 Å². The van der Waals surface area contributed by atoms with Crippen molar-refractivity contribution in [1.29, 1.82) is 0 Å². The molecule has 0 aromatic heterocycles. The van der Waals surface area contributed by atoms with Crippen molar-refractivity contribution in [3.63, 3.8) is 0 Å². The summed E-state index contributed by atoms with van der Waals surface area (Å²) in [4.78, 5) is 0. The van der Waals surface area contributed by atoms with E-state index in [4.69, 9.17) is 5.11 Å². The third kappa shape index (κ3) is 15.9. The fraction of sp³-hybridized carbons (Fsp3) is 0.231. The van der Waals surface area contributed by atoms with E-state index in [0.717, 1.165) is 6.42 Å². The Morgan fingerprint density at radius 1 is 0.933 bits per heavy atom. The fourth-order valence-corrected chi connectivity index (χ4v) is 0.642. The minimum Gasteiger partial charge on any atom is -0.748 e. The number of aliphatic hydroxyl groups is 1. The Balaban J connectivity index is 0. The van der Waals surface area contributed by atoms with Crippen LogP contribution in [0.5, 0.6) is 0 Å². The van der Waals surface area contributed by atoms with E-state index in [0.29, 0.717) is 6.61 Å². The zero-order valence-corrected chi connectivity index (χ0v) is 10.1. The minimum absolute atomic E-state index is 0. The number of hydrogen-bond donors (Lipinski definition) is 1. The summed E-state index contributed by atoms with van der Waals surface area (Å²) in [6.45, 7) is 2.25. The van der Waals surface area contributed by atoms with Gasteiger partial charge in [0.25, 0.3) is 0 Å². The molecule has 1 N–H and O–H groups in total. The maximum absolute atomic E-state index is 7.88. The van der Waals surface area contributed by atoms with E-state index >= 15 is 0 Å². The third-order valence-corrected chi connectivity index (χ3v) is 1.33. The quantitative estimate of drug-likeness (QED) is 0.605. The van der Waals surface area contributed by atoms with E-state index in [2.05, 4.69) is 0 Å². The van der Waals surface area contributed by atoms with Gasteiger partial charge < -0.3 is 35.4 Å². The molecule has 0 bridgehead atoms. The molecule has 0 radical (unpaired) electrons. The van der Waals surface area contributed by atoms with Crippen molar-refractivity contribution < 1.29 is 22.2 Å². The summed E-state index contributed by atoms with van der Waals surface area (Å²) in [5.74, 6) is 0. The van der Waals surface area contributed by atoms with Crippen molar-refractivity contribution >= 4 is 0 Å². The molecule has 0 aliphatic rings. The molecule has 90 valence electrons. The van der Waals surface area contributed by atoms with Gasteiger partial charge >= 0.3 is 0 Å². The van der Waals surface area contributed by atoms with E-state index in [1.807, 2.05) is 67.6 Å². The average molecular weight is 246 g/mol. The summed E-state index contributed by atoms with van der Waals surface area (Å²) in [5, 5.41) is 7.88. The Kier molecular flexibility index (Phi) is 17.3. The molecule has 2 rings (SSSR count). The number of rotatable bonds is 1. The number of hydrogen-bond acceptors (Lipinski definition) is 1. The summed E-state index contributed by atoms with van der Waals surface area (Å²) in [6.07, 6.45) is 0.875. The first-order chi connectivity index (χ1) is 6.91. The monoisotopic (exact) mass is 246 g/mol. The molecular weight excluding hydrogens is 228 g/mol. The molecule has 2 aromatic rings. The van der Waals surface area contributed by atoms with E-state index in [9.17, 15) is 0 Å². The Hall–Kier alpha value is -0.821. The second-order valence-electron chi connectivity index (χ2n) is 2.65. The Morgan fingerprint density at radius 2 is 1.27 bits per heavy atom. The molecule has 0 saturated heterocycles. The molecule has 15 heavy (non-hydrogen) atoms. The van der Waals surface area contributed by atoms with Crippen LogP contribution in [0.25, 0.3) is 0 Å². The largest absolute Gasteiger partial charge is 0.748 e. The van der Waals surface area contributed by atoms with Crippen LogP contribution in [0.4, 0.5) is 0 Å². The molecule has 1 nitrogen and oxygen atoms in total. The first kappa shape index (κ1) is 16.6. The zero-order chi connectivity index (χ0) is 10.5. The van der Waals surface area contributed by atoms with Gasteiger partial charge in [0.15, 0.2) is 0 Å². The van der Waals surface area contributed by atoms with Gasteiger partial charge in [-0.05, 0) is 6.42 Å². The molecule has 0 atom stereocenters. The summed E-state index contributed by atoms with van der Waals surface area (Å²) in [6, 6.07) is 20.0. The van der Waals surface area contributed by atoms with Crippen LogP contribution in [-0.4, -0.2) is 11.7 Å². The second-order valence-corrected chi connectivity index (χ2v) is 2.65. The summed E-state index contributed by atoms with van der Waals surface area (Å²) in [7, 11) is 0. The van der Waals surface area contributed by atoms with Crippen molar-refractivity contribution in [3.8, 4) is 0 Å². The van der Waals surface area contributed by atoms with E-state index < -0.39 is 0 Å². The molecule has 0 aliphatic heterocycles. The summed E-state index contributed by atoms with van der Waals surface area (Å²) >= 11 is 0. The van der Waals surface area contributed by atoms with Gasteiger partial charge in [0.1, 0.15) is 0 Å². The predicted octanol–water partition coefficient (Wildman–Crippen LogP) is 3.20. The summed E-state index contributed by atoms with van der Waals surface area (Å²) < 4.78 is 0. The van der Waals surface area contributed by atoms with E-state index in [-0.39, 0.29) is 17.1 Å². The van der Waals surface area contributed by atoms with Gasteiger partial charge in [0.2, 0.25) is 0 Å². The van der Waals surface area contributed by atoms with Crippen LogP contribution in [-0.2, 0) is 17.1 Å². The van der Waals surface area contributed by atoms with Crippen LogP contribution >= 0.6 is 0 Å². The van der Waals surface area contributed by atoms with Crippen LogP contribution < -0.4 is 0 Å². The Labute approximate surface area is 103 Å². The SMILES string of the molecule is CCCO.[Fe].[cH-]1[cH-][cH-][cH-][cH-]1.c1cc[cH-]c1. The third-order valence-electron chi connectivity index (χ3n) is 1.33. The predicted molar refractivity (Wildman–Crippen MR) is 61.4 cm³/mol. The van der Waals surface area contributed by atoms with Crippen molar-refractivity contribution in [1.82, 2.24) is 0 Å². The van der Waals surface area contributed by atoms with Gasteiger partial charge in [-0.25, -0.2) is 12.1 Å². The fourth-order valence-electron chi connectivity index (χ4n) is 0.642. The van der Waals surface area contributed by atoms with Crippen molar-refractivity contribution in [3.05, 3.63) is 60.7 Å². The van der Waals surface area contributed by atoms with Crippen LogP contribution in [0, 0.1) is 0 Å². The average Bonchev–Trinajstić information content (AvgIpc) is 2.94. The molecule has 2 heteroatoms. The Morgan fingerprint density at radius 3 is 1.40 bits per heavy atom. The van der Waals surface area contributed by atoms with Crippen molar-refractivity contribution in [2.45, 2.75) is 13.3 Å². The van der Waals surface area contributed by atoms with Gasteiger partial charge in [0, 0.05) is 23.7 Å². The Bertz CT molecular complexity index is 173. The molecule has 0 aliphatic carbocycles. The van der Waals surface area contributed by atoms with Gasteiger partial charge in [-0.1, -0.05) is 6.92 Å². The minimum atomic E-state index is 0. The van der Waals surface area contributed by atoms with E-state index in [1.165, 1.54) is 0 Å². The van der Waals surface area contributed by atoms with Gasteiger partial charge in [-0.3, -0.25) is 0 Å². The maximum atomic E-state index is 7.88.